The molecule has 2 aromatic rings. The molecule has 1 saturated carbocycles. The number of hydrogen-bond acceptors (Lipinski definition) is 3. The first-order valence-electron chi connectivity index (χ1n) is 8.74. The molecule has 0 unspecified atom stereocenters. The number of alkyl halides is 3. The van der Waals surface area contributed by atoms with Crippen molar-refractivity contribution in [3.8, 4) is 11.8 Å². The third-order valence-electron chi connectivity index (χ3n) is 4.67. The Kier molecular flexibility index (Phi) is 4.54. The molecule has 2 aliphatic rings. The third kappa shape index (κ3) is 3.68. The van der Waals surface area contributed by atoms with Gasteiger partial charge in [0.15, 0.2) is 0 Å². The lowest BCUT2D eigenvalue weighted by Crippen LogP contribution is -2.59. The van der Waals surface area contributed by atoms with Gasteiger partial charge >= 0.3 is 12.2 Å². The van der Waals surface area contributed by atoms with E-state index in [4.69, 9.17) is 11.6 Å². The molecule has 0 saturated heterocycles. The van der Waals surface area contributed by atoms with Crippen LogP contribution in [0.4, 0.5) is 23.7 Å². The summed E-state index contributed by atoms with van der Waals surface area (Å²) in [6, 6.07) is 5.64. The molecule has 150 valence electrons. The van der Waals surface area contributed by atoms with E-state index in [-0.39, 0.29) is 28.9 Å². The van der Waals surface area contributed by atoms with Crippen molar-refractivity contribution in [1.82, 2.24) is 15.1 Å². The van der Waals surface area contributed by atoms with E-state index in [2.05, 4.69) is 22.3 Å². The Labute approximate surface area is 168 Å². The number of fused-ring (bicyclic) bond motifs is 1. The average molecular weight is 423 g/mol. The Hall–Kier alpha value is -2.99. The van der Waals surface area contributed by atoms with Gasteiger partial charge in [0.2, 0.25) is 5.54 Å². The molecule has 1 aliphatic carbocycles. The predicted molar refractivity (Wildman–Crippen MR) is 99.4 cm³/mol. The molecular weight excluding hydrogens is 409 g/mol. The highest BCUT2D eigenvalue weighted by atomic mass is 35.5. The molecule has 6 nitrogen and oxygen atoms in total. The zero-order valence-electron chi connectivity index (χ0n) is 14.8. The predicted octanol–water partition coefficient (Wildman–Crippen LogP) is 3.25. The van der Waals surface area contributed by atoms with Crippen LogP contribution >= 0.6 is 11.6 Å². The number of anilines is 1. The Morgan fingerprint density at radius 2 is 2.00 bits per heavy atom. The largest absolute Gasteiger partial charge is 0.427 e. The molecule has 4 rings (SSSR count). The first-order valence-corrected chi connectivity index (χ1v) is 9.11. The van der Waals surface area contributed by atoms with Crippen LogP contribution in [-0.2, 0) is 12.1 Å². The molecule has 1 atom stereocenters. The quantitative estimate of drug-likeness (QED) is 0.729. The van der Waals surface area contributed by atoms with E-state index in [9.17, 15) is 22.8 Å². The van der Waals surface area contributed by atoms with Gasteiger partial charge < -0.3 is 10.6 Å². The molecule has 1 aromatic carbocycles. The van der Waals surface area contributed by atoms with Crippen LogP contribution < -0.4 is 16.2 Å². The standard InChI is InChI=1S/C19H14ClF3N4O2/c20-15-5-6-16(28)27(26-15)10-12-3-4-13-14(9-12)24-17(29)25-18(13,19(21,22)23)8-7-11-1-2-11/h3-6,9,11H,1-2,10H2,(H2,24,25,29)/t18-/m0/s1. The average Bonchev–Trinajstić information content (AvgIpc) is 3.46. The molecule has 1 aliphatic heterocycles. The number of nitrogens with zero attached hydrogens (tertiary/aromatic N) is 2. The summed E-state index contributed by atoms with van der Waals surface area (Å²) in [5.74, 6) is 4.82. The zero-order chi connectivity index (χ0) is 20.8. The normalized spacial score (nSPS) is 20.8. The van der Waals surface area contributed by atoms with Crippen LogP contribution in [0.3, 0.4) is 0 Å². The summed E-state index contributed by atoms with van der Waals surface area (Å²) in [6.07, 6.45) is -3.32. The molecule has 2 heterocycles. The lowest BCUT2D eigenvalue weighted by molar-refractivity contribution is -0.178. The smallest absolute Gasteiger partial charge is 0.310 e. The fraction of sp³-hybridized carbons (Fsp3) is 0.316. The minimum atomic E-state index is -4.83. The summed E-state index contributed by atoms with van der Waals surface area (Å²) in [5.41, 5.74) is -2.97. The molecule has 1 fully saturated rings. The number of hydrogen-bond donors (Lipinski definition) is 2. The van der Waals surface area contributed by atoms with E-state index in [0.29, 0.717) is 5.56 Å². The number of nitrogens with one attached hydrogen (secondary N) is 2. The molecule has 0 bridgehead atoms. The number of rotatable bonds is 2. The first kappa shape index (κ1) is 19.3. The minimum Gasteiger partial charge on any atom is -0.310 e. The van der Waals surface area contributed by atoms with Crippen LogP contribution in [0.25, 0.3) is 0 Å². The summed E-state index contributed by atoms with van der Waals surface area (Å²) in [4.78, 5) is 23.9. The van der Waals surface area contributed by atoms with Gasteiger partial charge in [-0.15, -0.1) is 0 Å². The Morgan fingerprint density at radius 1 is 1.24 bits per heavy atom. The molecule has 2 amide bonds. The molecule has 29 heavy (non-hydrogen) atoms. The lowest BCUT2D eigenvalue weighted by atomic mass is 9.85. The van der Waals surface area contributed by atoms with Crippen LogP contribution in [0.2, 0.25) is 5.15 Å². The number of carbonyl (C=O) groups is 1. The van der Waals surface area contributed by atoms with Crippen LogP contribution in [-0.4, -0.2) is 22.0 Å². The van der Waals surface area contributed by atoms with Crippen molar-refractivity contribution in [2.75, 3.05) is 5.32 Å². The van der Waals surface area contributed by atoms with E-state index >= 15 is 0 Å². The first-order chi connectivity index (χ1) is 13.7. The number of amides is 2. The highest BCUT2D eigenvalue weighted by Gasteiger charge is 2.59. The Balaban J connectivity index is 1.78. The molecule has 0 radical (unpaired) electrons. The number of halogens is 4. The highest BCUT2D eigenvalue weighted by Crippen LogP contribution is 2.44. The maximum atomic E-state index is 14.0. The van der Waals surface area contributed by atoms with Crippen LogP contribution in [0.5, 0.6) is 0 Å². The molecular formula is C19H14ClF3N4O2. The summed E-state index contributed by atoms with van der Waals surface area (Å²) < 4.78 is 43.2. The van der Waals surface area contributed by atoms with Gasteiger partial charge in [0.1, 0.15) is 5.15 Å². The highest BCUT2D eigenvalue weighted by molar-refractivity contribution is 6.29. The van der Waals surface area contributed by atoms with Gasteiger partial charge in [0.25, 0.3) is 5.56 Å². The topological polar surface area (TPSA) is 76.0 Å². The van der Waals surface area contributed by atoms with Gasteiger partial charge in [-0.3, -0.25) is 4.79 Å². The van der Waals surface area contributed by atoms with Crippen LogP contribution in [0, 0.1) is 17.8 Å². The maximum absolute atomic E-state index is 14.0. The maximum Gasteiger partial charge on any atom is 0.427 e. The van der Waals surface area contributed by atoms with E-state index in [0.717, 1.165) is 17.5 Å². The SMILES string of the molecule is O=C1Nc2cc(Cn3nc(Cl)ccc3=O)ccc2[C@@](C#CC2CC2)(C(F)(F)F)N1. The van der Waals surface area contributed by atoms with Crippen LogP contribution in [0.1, 0.15) is 24.0 Å². The number of benzene rings is 1. The Bertz CT molecular complexity index is 1110. The van der Waals surface area contributed by atoms with Crippen molar-refractivity contribution < 1.29 is 18.0 Å². The number of carbonyl (C=O) groups excluding carboxylic acids is 1. The molecule has 0 spiro atoms. The summed E-state index contributed by atoms with van der Waals surface area (Å²) in [5, 5.41) is 8.34. The number of aromatic nitrogens is 2. The van der Waals surface area contributed by atoms with Crippen molar-refractivity contribution in [1.29, 1.82) is 0 Å². The van der Waals surface area contributed by atoms with Gasteiger partial charge in [-0.1, -0.05) is 35.6 Å². The van der Waals surface area contributed by atoms with E-state index in [1.807, 2.05) is 5.32 Å². The van der Waals surface area contributed by atoms with E-state index in [1.54, 1.807) is 0 Å². The monoisotopic (exact) mass is 422 g/mol. The van der Waals surface area contributed by atoms with Crippen molar-refractivity contribution in [2.45, 2.75) is 31.1 Å². The van der Waals surface area contributed by atoms with Gasteiger partial charge in [-0.2, -0.15) is 18.3 Å². The second-order valence-corrected chi connectivity index (χ2v) is 7.29. The van der Waals surface area contributed by atoms with Gasteiger partial charge in [0.05, 0.1) is 6.54 Å². The summed E-state index contributed by atoms with van der Waals surface area (Å²) in [6.45, 7) is -0.0251. The second kappa shape index (κ2) is 6.81. The van der Waals surface area contributed by atoms with Crippen molar-refractivity contribution >= 4 is 23.3 Å². The fourth-order valence-electron chi connectivity index (χ4n) is 3.05. The number of urea groups is 1. The summed E-state index contributed by atoms with van der Waals surface area (Å²) in [7, 11) is 0. The molecule has 1 aromatic heterocycles. The van der Waals surface area contributed by atoms with Crippen LogP contribution in [0.15, 0.2) is 35.1 Å². The van der Waals surface area contributed by atoms with Gasteiger partial charge in [0, 0.05) is 23.2 Å². The second-order valence-electron chi connectivity index (χ2n) is 6.90. The lowest BCUT2D eigenvalue weighted by Gasteiger charge is -2.37. The van der Waals surface area contributed by atoms with Gasteiger partial charge in [-0.05, 0) is 30.5 Å². The zero-order valence-corrected chi connectivity index (χ0v) is 15.6. The van der Waals surface area contributed by atoms with E-state index < -0.39 is 23.3 Å². The Morgan fingerprint density at radius 3 is 2.69 bits per heavy atom. The summed E-state index contributed by atoms with van der Waals surface area (Å²) >= 11 is 5.79. The third-order valence-corrected chi connectivity index (χ3v) is 4.87. The van der Waals surface area contributed by atoms with Crippen molar-refractivity contribution in [3.05, 3.63) is 57.0 Å². The molecule has 2 N–H and O–H groups in total. The van der Waals surface area contributed by atoms with E-state index in [1.165, 1.54) is 30.3 Å². The minimum absolute atomic E-state index is 0.0243. The fourth-order valence-corrected chi connectivity index (χ4v) is 3.21. The molecule has 10 heteroatoms. The van der Waals surface area contributed by atoms with Gasteiger partial charge in [-0.25, -0.2) is 9.48 Å². The van der Waals surface area contributed by atoms with Crippen molar-refractivity contribution in [3.63, 3.8) is 0 Å². The van der Waals surface area contributed by atoms with Crippen molar-refractivity contribution in [2.24, 2.45) is 5.92 Å².